The molecule has 134 valence electrons. The van der Waals surface area contributed by atoms with Gasteiger partial charge >= 0.3 is 0 Å². The lowest BCUT2D eigenvalue weighted by molar-refractivity contribution is -0.139. The highest BCUT2D eigenvalue weighted by atomic mass is 16.5. The van der Waals surface area contributed by atoms with Crippen molar-refractivity contribution in [2.75, 3.05) is 27.4 Å². The highest BCUT2D eigenvalue weighted by Gasteiger charge is 2.31. The lowest BCUT2D eigenvalue weighted by Crippen LogP contribution is -2.40. The minimum absolute atomic E-state index is 0.0170. The molecule has 1 aromatic carbocycles. The number of hydrogen-bond acceptors (Lipinski definition) is 5. The minimum atomic E-state index is -0.109. The van der Waals surface area contributed by atoms with Crippen LogP contribution in [-0.4, -0.2) is 43.2 Å². The molecule has 0 bridgehead atoms. The van der Waals surface area contributed by atoms with Gasteiger partial charge < -0.3 is 18.8 Å². The molecule has 1 amide bonds. The minimum Gasteiger partial charge on any atom is -0.496 e. The van der Waals surface area contributed by atoms with E-state index in [0.29, 0.717) is 12.3 Å². The summed E-state index contributed by atoms with van der Waals surface area (Å²) in [5, 5.41) is 0. The molecular weight excluding hydrogens is 320 g/mol. The van der Waals surface area contributed by atoms with Gasteiger partial charge in [0.15, 0.2) is 0 Å². The maximum atomic E-state index is 12.3. The summed E-state index contributed by atoms with van der Waals surface area (Å²) in [6, 6.07) is 7.74. The number of carbonyl (C=O) groups excluding carboxylic acids is 1. The number of para-hydroxylation sites is 1. The molecule has 6 nitrogen and oxygen atoms in total. The fourth-order valence-corrected chi connectivity index (χ4v) is 3.29. The first-order valence-electron chi connectivity index (χ1n) is 8.58. The molecule has 0 radical (unpaired) electrons. The standard InChI is InChI=1S/C19H24N2O4/c1-23-13-18(22)21-10-6-5-8-16(21)19-20-12-15(25-19)11-14-7-3-4-9-17(14)24-2/h3-4,7,9,12,16H,5-6,8,10-11,13H2,1-2H3/t16-/m0/s1. The van der Waals surface area contributed by atoms with Gasteiger partial charge in [-0.3, -0.25) is 4.79 Å². The van der Waals surface area contributed by atoms with Crippen LogP contribution in [0.25, 0.3) is 0 Å². The topological polar surface area (TPSA) is 64.8 Å². The summed E-state index contributed by atoms with van der Waals surface area (Å²) in [5.41, 5.74) is 1.05. The van der Waals surface area contributed by atoms with Crippen LogP contribution in [0.5, 0.6) is 5.75 Å². The van der Waals surface area contributed by atoms with Crippen molar-refractivity contribution in [1.29, 1.82) is 0 Å². The van der Waals surface area contributed by atoms with Crippen LogP contribution in [-0.2, 0) is 16.0 Å². The van der Waals surface area contributed by atoms with Crippen molar-refractivity contribution in [2.24, 2.45) is 0 Å². The van der Waals surface area contributed by atoms with Crippen molar-refractivity contribution in [3.05, 3.63) is 47.7 Å². The molecule has 25 heavy (non-hydrogen) atoms. The van der Waals surface area contributed by atoms with E-state index < -0.39 is 0 Å². The molecule has 6 heteroatoms. The Balaban J connectivity index is 1.76. The zero-order valence-electron chi connectivity index (χ0n) is 14.7. The third-order valence-electron chi connectivity index (χ3n) is 4.50. The number of piperidine rings is 1. The van der Waals surface area contributed by atoms with Gasteiger partial charge in [0.05, 0.1) is 13.3 Å². The molecule has 0 spiro atoms. The number of methoxy groups -OCH3 is 2. The van der Waals surface area contributed by atoms with Gasteiger partial charge in [0, 0.05) is 25.6 Å². The van der Waals surface area contributed by atoms with Crippen LogP contribution in [0, 0.1) is 0 Å². The van der Waals surface area contributed by atoms with E-state index in [1.165, 1.54) is 7.11 Å². The van der Waals surface area contributed by atoms with Gasteiger partial charge in [0.25, 0.3) is 0 Å². The molecular formula is C19H24N2O4. The average molecular weight is 344 g/mol. The van der Waals surface area contributed by atoms with Crippen molar-refractivity contribution in [3.8, 4) is 5.75 Å². The molecule has 1 aliphatic rings. The fraction of sp³-hybridized carbons (Fsp3) is 0.474. The maximum absolute atomic E-state index is 12.3. The number of benzene rings is 1. The van der Waals surface area contributed by atoms with E-state index in [0.717, 1.165) is 42.9 Å². The molecule has 1 atom stereocenters. The number of hydrogen-bond donors (Lipinski definition) is 0. The van der Waals surface area contributed by atoms with Crippen LogP contribution in [0.2, 0.25) is 0 Å². The number of ether oxygens (including phenoxy) is 2. The number of carbonyl (C=O) groups is 1. The van der Waals surface area contributed by atoms with Gasteiger partial charge in [-0.1, -0.05) is 18.2 Å². The van der Waals surface area contributed by atoms with Crippen molar-refractivity contribution in [3.63, 3.8) is 0 Å². The number of aromatic nitrogens is 1. The quantitative estimate of drug-likeness (QED) is 0.806. The predicted octanol–water partition coefficient (Wildman–Crippen LogP) is 2.97. The SMILES string of the molecule is COCC(=O)N1CCCC[C@H]1c1ncc(Cc2ccccc2OC)o1. The summed E-state index contributed by atoms with van der Waals surface area (Å²) in [7, 11) is 3.19. The second-order valence-corrected chi connectivity index (χ2v) is 6.19. The van der Waals surface area contributed by atoms with E-state index in [-0.39, 0.29) is 18.6 Å². The third kappa shape index (κ3) is 4.02. The number of oxazole rings is 1. The molecule has 2 aromatic rings. The molecule has 1 saturated heterocycles. The molecule has 1 aliphatic heterocycles. The Hall–Kier alpha value is -2.34. The molecule has 0 unspecified atom stereocenters. The lowest BCUT2D eigenvalue weighted by Gasteiger charge is -2.33. The predicted molar refractivity (Wildman–Crippen MR) is 92.5 cm³/mol. The molecule has 0 aliphatic carbocycles. The summed E-state index contributed by atoms with van der Waals surface area (Å²) in [4.78, 5) is 18.5. The number of rotatable bonds is 6. The first-order chi connectivity index (χ1) is 12.2. The van der Waals surface area contributed by atoms with Crippen molar-refractivity contribution in [1.82, 2.24) is 9.88 Å². The Morgan fingerprint density at radius 2 is 2.16 bits per heavy atom. The van der Waals surface area contributed by atoms with Gasteiger partial charge in [-0.05, 0) is 25.3 Å². The van der Waals surface area contributed by atoms with Gasteiger partial charge in [-0.2, -0.15) is 0 Å². The second-order valence-electron chi connectivity index (χ2n) is 6.19. The Kier molecular flexibility index (Phi) is 5.71. The van der Waals surface area contributed by atoms with Gasteiger partial charge in [-0.15, -0.1) is 0 Å². The van der Waals surface area contributed by atoms with E-state index in [9.17, 15) is 4.79 Å². The van der Waals surface area contributed by atoms with Crippen LogP contribution >= 0.6 is 0 Å². The summed E-state index contributed by atoms with van der Waals surface area (Å²) in [6.07, 6.45) is 5.28. The monoisotopic (exact) mass is 344 g/mol. The zero-order chi connectivity index (χ0) is 17.6. The van der Waals surface area contributed by atoms with Crippen LogP contribution in [0.1, 0.15) is 42.5 Å². The van der Waals surface area contributed by atoms with E-state index in [1.54, 1.807) is 13.3 Å². The number of amides is 1. The van der Waals surface area contributed by atoms with Crippen molar-refractivity contribution < 1.29 is 18.7 Å². The van der Waals surface area contributed by atoms with E-state index >= 15 is 0 Å². The Morgan fingerprint density at radius 3 is 2.96 bits per heavy atom. The molecule has 2 heterocycles. The second kappa shape index (κ2) is 8.16. The highest BCUT2D eigenvalue weighted by molar-refractivity contribution is 5.77. The largest absolute Gasteiger partial charge is 0.496 e. The van der Waals surface area contributed by atoms with Crippen LogP contribution < -0.4 is 4.74 Å². The van der Waals surface area contributed by atoms with Gasteiger partial charge in [0.2, 0.25) is 11.8 Å². The van der Waals surface area contributed by atoms with Crippen molar-refractivity contribution in [2.45, 2.75) is 31.7 Å². The summed E-state index contributed by atoms with van der Waals surface area (Å²) < 4.78 is 16.4. The number of nitrogens with zero attached hydrogens (tertiary/aromatic N) is 2. The summed E-state index contributed by atoms with van der Waals surface area (Å²) >= 11 is 0. The Labute approximate surface area is 147 Å². The number of likely N-dealkylation sites (tertiary alicyclic amines) is 1. The van der Waals surface area contributed by atoms with Gasteiger partial charge in [-0.25, -0.2) is 4.98 Å². The first-order valence-corrected chi connectivity index (χ1v) is 8.58. The zero-order valence-corrected chi connectivity index (χ0v) is 14.7. The first kappa shape index (κ1) is 17.5. The van der Waals surface area contributed by atoms with Crippen LogP contribution in [0.3, 0.4) is 0 Å². The van der Waals surface area contributed by atoms with E-state index in [2.05, 4.69) is 4.98 Å². The molecule has 1 fully saturated rings. The van der Waals surface area contributed by atoms with Crippen molar-refractivity contribution >= 4 is 5.91 Å². The van der Waals surface area contributed by atoms with E-state index in [1.807, 2.05) is 29.2 Å². The maximum Gasteiger partial charge on any atom is 0.249 e. The van der Waals surface area contributed by atoms with Crippen LogP contribution in [0.15, 0.2) is 34.9 Å². The Bertz CT molecular complexity index is 713. The highest BCUT2D eigenvalue weighted by Crippen LogP contribution is 2.31. The lowest BCUT2D eigenvalue weighted by atomic mass is 10.0. The molecule has 1 aromatic heterocycles. The average Bonchev–Trinajstić information content (AvgIpc) is 3.11. The normalized spacial score (nSPS) is 17.5. The molecule has 0 saturated carbocycles. The molecule has 0 N–H and O–H groups in total. The molecule has 3 rings (SSSR count). The summed E-state index contributed by atoms with van der Waals surface area (Å²) in [5.74, 6) is 2.19. The third-order valence-corrected chi connectivity index (χ3v) is 4.50. The smallest absolute Gasteiger partial charge is 0.249 e. The Morgan fingerprint density at radius 1 is 1.32 bits per heavy atom. The van der Waals surface area contributed by atoms with E-state index in [4.69, 9.17) is 13.9 Å². The fourth-order valence-electron chi connectivity index (χ4n) is 3.29. The van der Waals surface area contributed by atoms with Crippen LogP contribution in [0.4, 0.5) is 0 Å². The summed E-state index contributed by atoms with van der Waals surface area (Å²) in [6.45, 7) is 0.808. The van der Waals surface area contributed by atoms with Gasteiger partial charge in [0.1, 0.15) is 24.2 Å².